The van der Waals surface area contributed by atoms with Crippen molar-refractivity contribution in [2.45, 2.75) is 367 Å². The van der Waals surface area contributed by atoms with Crippen LogP contribution in [0.5, 0.6) is 0 Å². The summed E-state index contributed by atoms with van der Waals surface area (Å²) >= 11 is 0. The lowest BCUT2D eigenvalue weighted by atomic mass is 10.0. The third-order valence-corrected chi connectivity index (χ3v) is 17.3. The molecule has 84 heavy (non-hydrogen) atoms. The van der Waals surface area contributed by atoms with Crippen molar-refractivity contribution in [3.8, 4) is 0 Å². The van der Waals surface area contributed by atoms with E-state index in [1.54, 1.807) is 0 Å². The van der Waals surface area contributed by atoms with E-state index >= 15 is 0 Å². The molecule has 0 fully saturated rings. The highest BCUT2D eigenvalue weighted by Gasteiger charge is 2.27. The SMILES string of the molecule is CCCCCCC/C=C\C/C=C\C/C=C\CCCCCCCCCCC(=O)OC(COC(=O)CCCCCCCCCCCCCCCCCCCCCCCCCCC/C=C\CCCCCCCCCC)COP(=O)(O)OCC[N+](C)(C)C. The maximum atomic E-state index is 12.9. The van der Waals surface area contributed by atoms with Gasteiger partial charge in [-0.25, -0.2) is 4.57 Å². The average molecular weight is 1200 g/mol. The van der Waals surface area contributed by atoms with Gasteiger partial charge in [-0.3, -0.25) is 18.6 Å². The van der Waals surface area contributed by atoms with Crippen molar-refractivity contribution in [3.05, 3.63) is 48.6 Å². The van der Waals surface area contributed by atoms with Crippen LogP contribution in [0, 0.1) is 0 Å². The zero-order valence-electron chi connectivity index (χ0n) is 56.4. The Labute approximate surface area is 522 Å². The molecular weight excluding hydrogens is 1060 g/mol. The lowest BCUT2D eigenvalue weighted by Gasteiger charge is -2.24. The summed E-state index contributed by atoms with van der Waals surface area (Å²) in [4.78, 5) is 35.9. The van der Waals surface area contributed by atoms with E-state index < -0.39 is 26.5 Å². The number of hydrogen-bond acceptors (Lipinski definition) is 7. The fourth-order valence-electron chi connectivity index (χ4n) is 10.7. The summed E-state index contributed by atoms with van der Waals surface area (Å²) in [6, 6.07) is 0. The Bertz CT molecular complexity index is 1560. The second kappa shape index (κ2) is 65.4. The molecule has 0 saturated carbocycles. The number of likely N-dealkylation sites (N-methyl/N-ethyl adjacent to an activating group) is 1. The van der Waals surface area contributed by atoms with Crippen LogP contribution in [0.15, 0.2) is 48.6 Å². The molecule has 0 saturated heterocycles. The number of carbonyl (C=O) groups excluding carboxylic acids is 2. The molecule has 0 amide bonds. The number of rotatable bonds is 68. The number of esters is 2. The molecule has 0 rings (SSSR count). The number of phosphoric ester groups is 1. The van der Waals surface area contributed by atoms with Crippen LogP contribution < -0.4 is 0 Å². The fourth-order valence-corrected chi connectivity index (χ4v) is 11.5. The molecule has 2 atom stereocenters. The van der Waals surface area contributed by atoms with E-state index in [1.165, 1.54) is 270 Å². The van der Waals surface area contributed by atoms with Crippen LogP contribution in [0.2, 0.25) is 0 Å². The first-order valence-electron chi connectivity index (χ1n) is 36.4. The van der Waals surface area contributed by atoms with Crippen LogP contribution in [0.25, 0.3) is 0 Å². The van der Waals surface area contributed by atoms with Gasteiger partial charge in [-0.15, -0.1) is 0 Å². The van der Waals surface area contributed by atoms with Crippen molar-refractivity contribution in [1.29, 1.82) is 0 Å². The number of quaternary nitrogens is 1. The summed E-state index contributed by atoms with van der Waals surface area (Å²) in [5.41, 5.74) is 0. The van der Waals surface area contributed by atoms with E-state index in [0.29, 0.717) is 23.9 Å². The van der Waals surface area contributed by atoms with Gasteiger partial charge in [0.1, 0.15) is 19.8 Å². The number of unbranched alkanes of at least 4 members (excludes halogenated alkanes) is 46. The topological polar surface area (TPSA) is 108 Å². The highest BCUT2D eigenvalue weighted by molar-refractivity contribution is 7.47. The second-order valence-corrected chi connectivity index (χ2v) is 27.4. The number of hydrogen-bond donors (Lipinski definition) is 1. The molecule has 0 aliphatic heterocycles. The van der Waals surface area contributed by atoms with E-state index in [2.05, 4.69) is 62.5 Å². The van der Waals surface area contributed by atoms with E-state index in [-0.39, 0.29) is 25.6 Å². The van der Waals surface area contributed by atoms with Gasteiger partial charge >= 0.3 is 19.8 Å². The highest BCUT2D eigenvalue weighted by atomic mass is 31.2. The number of allylic oxidation sites excluding steroid dienone is 8. The van der Waals surface area contributed by atoms with E-state index in [1.807, 2.05) is 21.1 Å². The first-order valence-corrected chi connectivity index (χ1v) is 37.9. The lowest BCUT2D eigenvalue weighted by molar-refractivity contribution is -0.870. The Morgan fingerprint density at radius 1 is 0.369 bits per heavy atom. The predicted molar refractivity (Wildman–Crippen MR) is 363 cm³/mol. The fraction of sp³-hybridized carbons (Fsp3) is 0.865. The first-order chi connectivity index (χ1) is 41.0. The summed E-state index contributed by atoms with van der Waals surface area (Å²) in [6.45, 7) is 4.47. The molecule has 0 radical (unpaired) electrons. The number of nitrogens with zero attached hydrogens (tertiary/aromatic N) is 1. The van der Waals surface area contributed by atoms with Gasteiger partial charge in [0, 0.05) is 12.8 Å². The quantitative estimate of drug-likeness (QED) is 0.0211. The third-order valence-electron chi connectivity index (χ3n) is 16.3. The zero-order valence-corrected chi connectivity index (χ0v) is 57.3. The molecule has 2 unspecified atom stereocenters. The normalized spacial score (nSPS) is 13.4. The molecule has 0 aromatic heterocycles. The van der Waals surface area contributed by atoms with Gasteiger partial charge in [-0.05, 0) is 77.0 Å². The second-order valence-electron chi connectivity index (χ2n) is 26.0. The van der Waals surface area contributed by atoms with Gasteiger partial charge in [-0.2, -0.15) is 0 Å². The molecule has 0 heterocycles. The number of ether oxygens (including phenoxy) is 2. The standard InChI is InChI=1S/C74H140NO8P/c1-6-8-10-12-14-16-18-20-22-24-26-28-30-31-32-33-34-35-36-37-38-39-40-41-42-43-45-46-48-50-52-54-56-58-60-62-64-66-73(76)80-70-72(71-82-84(78,79)81-69-68-75(3,4)5)83-74(77)67-65-63-61-59-57-55-53-51-49-47-44-29-27-25-23-21-19-17-15-13-11-9-7-2/h19,21,24-27,44,47,72H,6-18,20,22-23,28-43,45-46,48-71H2,1-5H3/p+1/b21-19-,26-24-,27-25-,47-44-. The summed E-state index contributed by atoms with van der Waals surface area (Å²) in [6.07, 6.45) is 85.2. The van der Waals surface area contributed by atoms with Gasteiger partial charge in [0.15, 0.2) is 6.10 Å². The predicted octanol–water partition coefficient (Wildman–Crippen LogP) is 23.6. The van der Waals surface area contributed by atoms with Crippen LogP contribution in [0.3, 0.4) is 0 Å². The summed E-state index contributed by atoms with van der Waals surface area (Å²) in [5.74, 6) is -0.789. The zero-order chi connectivity index (χ0) is 61.2. The van der Waals surface area contributed by atoms with Crippen molar-refractivity contribution >= 4 is 19.8 Å². The molecule has 494 valence electrons. The Kier molecular flexibility index (Phi) is 63.8. The average Bonchev–Trinajstić information content (AvgIpc) is 3.61. The molecule has 0 aromatic rings. The van der Waals surface area contributed by atoms with Crippen LogP contribution in [0.4, 0.5) is 0 Å². The molecule has 0 aliphatic rings. The molecule has 0 bridgehead atoms. The van der Waals surface area contributed by atoms with Gasteiger partial charge in [0.25, 0.3) is 0 Å². The van der Waals surface area contributed by atoms with Crippen LogP contribution in [-0.4, -0.2) is 74.9 Å². The Balaban J connectivity index is 3.94. The maximum Gasteiger partial charge on any atom is 0.472 e. The smallest absolute Gasteiger partial charge is 0.462 e. The Hall–Kier alpha value is -2.03. The minimum absolute atomic E-state index is 0.0309. The van der Waals surface area contributed by atoms with Gasteiger partial charge < -0.3 is 18.9 Å². The molecule has 1 N–H and O–H groups in total. The molecule has 9 nitrogen and oxygen atoms in total. The minimum Gasteiger partial charge on any atom is -0.462 e. The van der Waals surface area contributed by atoms with Crippen LogP contribution in [0.1, 0.15) is 361 Å². The Morgan fingerprint density at radius 3 is 0.964 bits per heavy atom. The summed E-state index contributed by atoms with van der Waals surface area (Å²) < 4.78 is 34.7. The molecular formula is C74H141NO8P+. The van der Waals surface area contributed by atoms with Crippen molar-refractivity contribution in [3.63, 3.8) is 0 Å². The van der Waals surface area contributed by atoms with E-state index in [4.69, 9.17) is 18.5 Å². The van der Waals surface area contributed by atoms with Crippen molar-refractivity contribution in [2.75, 3.05) is 47.5 Å². The highest BCUT2D eigenvalue weighted by Crippen LogP contribution is 2.43. The van der Waals surface area contributed by atoms with Crippen molar-refractivity contribution in [2.24, 2.45) is 0 Å². The van der Waals surface area contributed by atoms with E-state index in [0.717, 1.165) is 57.8 Å². The summed E-state index contributed by atoms with van der Waals surface area (Å²) in [5, 5.41) is 0. The maximum absolute atomic E-state index is 12.9. The van der Waals surface area contributed by atoms with E-state index in [9.17, 15) is 19.0 Å². The molecule has 0 aromatic carbocycles. The van der Waals surface area contributed by atoms with Gasteiger partial charge in [0.2, 0.25) is 0 Å². The lowest BCUT2D eigenvalue weighted by Crippen LogP contribution is -2.37. The van der Waals surface area contributed by atoms with Crippen LogP contribution in [-0.2, 0) is 32.7 Å². The van der Waals surface area contributed by atoms with Crippen molar-refractivity contribution in [1.82, 2.24) is 0 Å². The van der Waals surface area contributed by atoms with Crippen LogP contribution >= 0.6 is 7.82 Å². The minimum atomic E-state index is -4.39. The Morgan fingerprint density at radius 2 is 0.643 bits per heavy atom. The largest absolute Gasteiger partial charge is 0.472 e. The number of carbonyl (C=O) groups is 2. The number of phosphoric acid groups is 1. The van der Waals surface area contributed by atoms with Gasteiger partial charge in [-0.1, -0.05) is 319 Å². The third kappa shape index (κ3) is 69.1. The molecule has 10 heteroatoms. The first kappa shape index (κ1) is 82.0. The molecule has 0 aliphatic carbocycles. The monoisotopic (exact) mass is 1200 g/mol. The van der Waals surface area contributed by atoms with Gasteiger partial charge in [0.05, 0.1) is 27.7 Å². The molecule has 0 spiro atoms. The van der Waals surface area contributed by atoms with Crippen molar-refractivity contribution < 1.29 is 42.1 Å². The summed E-state index contributed by atoms with van der Waals surface area (Å²) in [7, 11) is 1.48.